The summed E-state index contributed by atoms with van der Waals surface area (Å²) < 4.78 is 10.3. The maximum absolute atomic E-state index is 5.81. The summed E-state index contributed by atoms with van der Waals surface area (Å²) in [7, 11) is 0. The fourth-order valence-corrected chi connectivity index (χ4v) is 3.93. The highest BCUT2D eigenvalue weighted by atomic mass is 32.1. The minimum atomic E-state index is 0.481. The van der Waals surface area contributed by atoms with E-state index in [2.05, 4.69) is 28.5 Å². The molecule has 1 N–H and O–H groups in total. The van der Waals surface area contributed by atoms with Crippen LogP contribution in [0.5, 0.6) is 0 Å². The Morgan fingerprint density at radius 1 is 1.37 bits per heavy atom. The average molecular weight is 281 g/mol. The quantitative estimate of drug-likeness (QED) is 0.921. The second kappa shape index (κ2) is 5.75. The molecule has 0 bridgehead atoms. The van der Waals surface area contributed by atoms with E-state index in [-0.39, 0.29) is 0 Å². The predicted molar refractivity (Wildman–Crippen MR) is 77.6 cm³/mol. The van der Waals surface area contributed by atoms with Crippen molar-refractivity contribution < 1.29 is 4.74 Å². The second-order valence-corrected chi connectivity index (χ2v) is 6.91. The smallest absolute Gasteiger partial charge is 0.202 e. The minimum Gasteiger partial charge on any atom is -0.378 e. The number of fused-ring (bicyclic) bond motifs is 1. The molecule has 5 heteroatoms. The summed E-state index contributed by atoms with van der Waals surface area (Å²) in [6, 6.07) is 0.529. The summed E-state index contributed by atoms with van der Waals surface area (Å²) in [5, 5.41) is 4.60. The van der Waals surface area contributed by atoms with E-state index in [4.69, 9.17) is 4.74 Å². The Morgan fingerprint density at radius 2 is 2.26 bits per heavy atom. The highest BCUT2D eigenvalue weighted by Gasteiger charge is 2.37. The Morgan fingerprint density at radius 3 is 3.11 bits per heavy atom. The fraction of sp³-hybridized carbons (Fsp3) is 0.857. The first-order chi connectivity index (χ1) is 9.22. The van der Waals surface area contributed by atoms with Crippen molar-refractivity contribution >= 4 is 16.7 Å². The van der Waals surface area contributed by atoms with Crippen LogP contribution in [0.3, 0.4) is 0 Å². The molecule has 1 aromatic heterocycles. The van der Waals surface area contributed by atoms with E-state index >= 15 is 0 Å². The summed E-state index contributed by atoms with van der Waals surface area (Å²) in [5.74, 6) is 2.27. The minimum absolute atomic E-state index is 0.481. The summed E-state index contributed by atoms with van der Waals surface area (Å²) in [6.45, 7) is 5.34. The number of anilines is 1. The molecule has 1 aliphatic heterocycles. The van der Waals surface area contributed by atoms with Gasteiger partial charge in [-0.3, -0.25) is 0 Å². The standard InChI is InChI=1S/C14H23N3OS/c1-9(2)8-13-16-14(19-17-13)15-11-4-3-5-12-10(11)6-7-18-12/h9-12H,3-8H2,1-2H3,(H,15,16,17). The van der Waals surface area contributed by atoms with Crippen LogP contribution >= 0.6 is 11.5 Å². The van der Waals surface area contributed by atoms with Gasteiger partial charge in [-0.05, 0) is 31.6 Å². The first-order valence-corrected chi connectivity index (χ1v) is 8.20. The summed E-state index contributed by atoms with van der Waals surface area (Å²) in [5.41, 5.74) is 0. The lowest BCUT2D eigenvalue weighted by Gasteiger charge is -2.32. The third-order valence-corrected chi connectivity index (χ3v) is 4.83. The lowest BCUT2D eigenvalue weighted by molar-refractivity contribution is 0.0620. The summed E-state index contributed by atoms with van der Waals surface area (Å²) in [4.78, 5) is 4.61. The molecule has 1 aliphatic carbocycles. The number of aromatic nitrogens is 2. The highest BCUT2D eigenvalue weighted by molar-refractivity contribution is 7.09. The van der Waals surface area contributed by atoms with Gasteiger partial charge in [-0.15, -0.1) is 0 Å². The Balaban J connectivity index is 1.62. The SMILES string of the molecule is CC(C)Cc1nsc(NC2CCCC3OCCC23)n1. The second-order valence-electron chi connectivity index (χ2n) is 6.16. The molecule has 2 aliphatic rings. The number of hydrogen-bond acceptors (Lipinski definition) is 5. The molecule has 4 nitrogen and oxygen atoms in total. The van der Waals surface area contributed by atoms with Crippen LogP contribution in [0.15, 0.2) is 0 Å². The zero-order valence-electron chi connectivity index (χ0n) is 11.8. The van der Waals surface area contributed by atoms with E-state index in [1.807, 2.05) is 0 Å². The Hall–Kier alpha value is -0.680. The van der Waals surface area contributed by atoms with Gasteiger partial charge in [-0.25, -0.2) is 4.98 Å². The molecule has 0 amide bonds. The molecule has 0 spiro atoms. The Bertz CT molecular complexity index is 421. The number of hydrogen-bond donors (Lipinski definition) is 1. The molecular weight excluding hydrogens is 258 g/mol. The van der Waals surface area contributed by atoms with E-state index in [0.717, 1.165) is 24.0 Å². The average Bonchev–Trinajstić information content (AvgIpc) is 2.98. The summed E-state index contributed by atoms with van der Waals surface area (Å²) >= 11 is 1.51. The van der Waals surface area contributed by atoms with E-state index in [1.165, 1.54) is 37.2 Å². The van der Waals surface area contributed by atoms with Crippen molar-refractivity contribution in [2.45, 2.75) is 58.1 Å². The Kier molecular flexibility index (Phi) is 4.03. The van der Waals surface area contributed by atoms with Crippen LogP contribution in [0, 0.1) is 11.8 Å². The lowest BCUT2D eigenvalue weighted by Crippen LogP contribution is -2.38. The van der Waals surface area contributed by atoms with Crippen molar-refractivity contribution in [1.29, 1.82) is 0 Å². The van der Waals surface area contributed by atoms with E-state index in [1.54, 1.807) is 0 Å². The van der Waals surface area contributed by atoms with Gasteiger partial charge in [0.1, 0.15) is 5.82 Å². The molecular formula is C14H23N3OS. The molecule has 19 heavy (non-hydrogen) atoms. The van der Waals surface area contributed by atoms with Gasteiger partial charge < -0.3 is 10.1 Å². The molecule has 0 radical (unpaired) electrons. The molecule has 1 saturated carbocycles. The van der Waals surface area contributed by atoms with Crippen molar-refractivity contribution in [3.8, 4) is 0 Å². The fourth-order valence-electron chi connectivity index (χ4n) is 3.27. The zero-order valence-corrected chi connectivity index (χ0v) is 12.6. The lowest BCUT2D eigenvalue weighted by atomic mass is 9.82. The van der Waals surface area contributed by atoms with Crippen LogP contribution in [-0.2, 0) is 11.2 Å². The van der Waals surface area contributed by atoms with Gasteiger partial charge in [0.25, 0.3) is 0 Å². The topological polar surface area (TPSA) is 47.0 Å². The summed E-state index contributed by atoms with van der Waals surface area (Å²) in [6.07, 6.45) is 6.38. The number of nitrogens with zero attached hydrogens (tertiary/aromatic N) is 2. The van der Waals surface area contributed by atoms with E-state index in [0.29, 0.717) is 24.0 Å². The van der Waals surface area contributed by atoms with Crippen LogP contribution < -0.4 is 5.32 Å². The maximum Gasteiger partial charge on any atom is 0.202 e. The molecule has 3 atom stereocenters. The first kappa shape index (κ1) is 13.3. The molecule has 2 fully saturated rings. The Labute approximate surface area is 119 Å². The van der Waals surface area contributed by atoms with Crippen LogP contribution in [0.4, 0.5) is 5.13 Å². The molecule has 1 saturated heterocycles. The third-order valence-electron chi connectivity index (χ3n) is 4.15. The van der Waals surface area contributed by atoms with Gasteiger partial charge >= 0.3 is 0 Å². The van der Waals surface area contributed by atoms with Crippen molar-refractivity contribution in [1.82, 2.24) is 9.36 Å². The van der Waals surface area contributed by atoms with Gasteiger partial charge in [0.15, 0.2) is 0 Å². The van der Waals surface area contributed by atoms with Crippen molar-refractivity contribution in [3.63, 3.8) is 0 Å². The highest BCUT2D eigenvalue weighted by Crippen LogP contribution is 2.36. The van der Waals surface area contributed by atoms with Gasteiger partial charge in [0.2, 0.25) is 5.13 Å². The van der Waals surface area contributed by atoms with Crippen LogP contribution in [0.1, 0.15) is 45.4 Å². The van der Waals surface area contributed by atoms with E-state index < -0.39 is 0 Å². The number of rotatable bonds is 4. The van der Waals surface area contributed by atoms with Gasteiger partial charge in [-0.2, -0.15) is 4.37 Å². The van der Waals surface area contributed by atoms with Crippen LogP contribution in [-0.4, -0.2) is 28.1 Å². The maximum atomic E-state index is 5.81. The normalized spacial score (nSPS) is 30.6. The van der Waals surface area contributed by atoms with Gasteiger partial charge in [-0.1, -0.05) is 13.8 Å². The molecule has 1 aromatic rings. The van der Waals surface area contributed by atoms with E-state index in [9.17, 15) is 0 Å². The number of nitrogens with one attached hydrogen (secondary N) is 1. The van der Waals surface area contributed by atoms with Crippen molar-refractivity contribution in [2.24, 2.45) is 11.8 Å². The van der Waals surface area contributed by atoms with Gasteiger partial charge in [0.05, 0.1) is 6.10 Å². The van der Waals surface area contributed by atoms with Crippen molar-refractivity contribution in [3.05, 3.63) is 5.82 Å². The molecule has 2 heterocycles. The predicted octanol–water partition coefficient (Wildman–Crippen LogP) is 3.11. The first-order valence-electron chi connectivity index (χ1n) is 7.43. The largest absolute Gasteiger partial charge is 0.378 e. The molecule has 3 rings (SSSR count). The monoisotopic (exact) mass is 281 g/mol. The number of ether oxygens (including phenoxy) is 1. The zero-order chi connectivity index (χ0) is 13.2. The third kappa shape index (κ3) is 3.08. The molecule has 0 aromatic carbocycles. The van der Waals surface area contributed by atoms with Crippen LogP contribution in [0.25, 0.3) is 0 Å². The van der Waals surface area contributed by atoms with Crippen molar-refractivity contribution in [2.75, 3.05) is 11.9 Å². The molecule has 106 valence electrons. The van der Waals surface area contributed by atoms with Gasteiger partial charge in [0, 0.05) is 36.5 Å². The van der Waals surface area contributed by atoms with Crippen LogP contribution in [0.2, 0.25) is 0 Å². The molecule has 3 unspecified atom stereocenters.